The van der Waals surface area contributed by atoms with Crippen molar-refractivity contribution in [1.82, 2.24) is 0 Å². The molecule has 0 saturated carbocycles. The SMILES string of the molecule is C=C(C)C(=O)OCCCCCCCCCCC(CCCCCCCCCCOC(=O)C(=C)C)(CCCCCCCC(=O)O)C(=O)O. The largest absolute Gasteiger partial charge is 0.481 e. The van der Waals surface area contributed by atoms with Crippen molar-refractivity contribution in [1.29, 1.82) is 0 Å². The second-order valence-electron chi connectivity index (χ2n) is 13.2. The van der Waals surface area contributed by atoms with Gasteiger partial charge in [0.05, 0.1) is 18.6 Å². The Labute approximate surface area is 279 Å². The molecule has 0 rings (SSSR count). The maximum atomic E-state index is 12.7. The lowest BCUT2D eigenvalue weighted by atomic mass is 9.74. The van der Waals surface area contributed by atoms with Crippen molar-refractivity contribution in [3.8, 4) is 0 Å². The first-order valence-electron chi connectivity index (χ1n) is 18.1. The van der Waals surface area contributed by atoms with Gasteiger partial charge in [0.2, 0.25) is 0 Å². The van der Waals surface area contributed by atoms with Crippen LogP contribution in [0.15, 0.2) is 24.3 Å². The maximum absolute atomic E-state index is 12.7. The number of unbranched alkanes of at least 4 members (excludes halogenated alkanes) is 18. The minimum Gasteiger partial charge on any atom is -0.481 e. The Morgan fingerprint density at radius 3 is 1.04 bits per heavy atom. The van der Waals surface area contributed by atoms with E-state index in [1.807, 2.05) is 0 Å². The topological polar surface area (TPSA) is 127 Å². The molecule has 0 aliphatic carbocycles. The Morgan fingerprint density at radius 1 is 0.478 bits per heavy atom. The van der Waals surface area contributed by atoms with Crippen molar-refractivity contribution in [3.63, 3.8) is 0 Å². The molecule has 8 nitrogen and oxygen atoms in total. The van der Waals surface area contributed by atoms with E-state index in [-0.39, 0.29) is 18.4 Å². The highest BCUT2D eigenvalue weighted by Crippen LogP contribution is 2.38. The quantitative estimate of drug-likeness (QED) is 0.0408. The predicted molar refractivity (Wildman–Crippen MR) is 185 cm³/mol. The van der Waals surface area contributed by atoms with Crippen LogP contribution in [0.2, 0.25) is 0 Å². The zero-order valence-electron chi connectivity index (χ0n) is 29.4. The summed E-state index contributed by atoms with van der Waals surface area (Å²) in [5.41, 5.74) is 0.198. The fourth-order valence-electron chi connectivity index (χ4n) is 5.79. The molecule has 0 unspecified atom stereocenters. The van der Waals surface area contributed by atoms with Crippen molar-refractivity contribution >= 4 is 23.9 Å². The normalized spacial score (nSPS) is 11.3. The average molecular weight is 651 g/mol. The van der Waals surface area contributed by atoms with Crippen LogP contribution in [0.25, 0.3) is 0 Å². The molecule has 0 aromatic carbocycles. The van der Waals surface area contributed by atoms with Gasteiger partial charge in [0.15, 0.2) is 0 Å². The van der Waals surface area contributed by atoms with Gasteiger partial charge in [0.25, 0.3) is 0 Å². The van der Waals surface area contributed by atoms with Gasteiger partial charge in [0.1, 0.15) is 0 Å². The van der Waals surface area contributed by atoms with E-state index in [4.69, 9.17) is 14.6 Å². The number of rotatable bonds is 33. The Kier molecular flexibility index (Phi) is 26.9. The summed E-state index contributed by atoms with van der Waals surface area (Å²) in [6, 6.07) is 0. The third-order valence-corrected chi connectivity index (χ3v) is 8.76. The van der Waals surface area contributed by atoms with Crippen LogP contribution in [-0.2, 0) is 28.7 Å². The van der Waals surface area contributed by atoms with E-state index in [9.17, 15) is 24.3 Å². The van der Waals surface area contributed by atoms with Crippen LogP contribution in [0.4, 0.5) is 0 Å². The Bertz CT molecular complexity index is 830. The van der Waals surface area contributed by atoms with E-state index in [0.29, 0.717) is 37.2 Å². The molecule has 0 aliphatic rings. The molecule has 0 bridgehead atoms. The average Bonchev–Trinajstić information content (AvgIpc) is 3.00. The molecule has 0 heterocycles. The van der Waals surface area contributed by atoms with E-state index in [2.05, 4.69) is 13.2 Å². The molecule has 266 valence electrons. The Balaban J connectivity index is 4.43. The van der Waals surface area contributed by atoms with Crippen molar-refractivity contribution in [3.05, 3.63) is 24.3 Å². The molecule has 0 radical (unpaired) electrons. The molecule has 2 N–H and O–H groups in total. The summed E-state index contributed by atoms with van der Waals surface area (Å²) in [5, 5.41) is 19.2. The van der Waals surface area contributed by atoms with Gasteiger partial charge >= 0.3 is 23.9 Å². The smallest absolute Gasteiger partial charge is 0.333 e. The van der Waals surface area contributed by atoms with Crippen LogP contribution < -0.4 is 0 Å². The molecule has 8 heteroatoms. The van der Waals surface area contributed by atoms with Crippen LogP contribution >= 0.6 is 0 Å². The number of carboxylic acid groups (broad SMARTS) is 2. The Hall–Kier alpha value is -2.64. The van der Waals surface area contributed by atoms with Gasteiger partial charge in [-0.15, -0.1) is 0 Å². The number of aliphatic carboxylic acids is 2. The molecule has 0 aliphatic heterocycles. The van der Waals surface area contributed by atoms with Gasteiger partial charge in [-0.05, 0) is 52.4 Å². The van der Waals surface area contributed by atoms with Crippen molar-refractivity contribution in [2.24, 2.45) is 5.41 Å². The molecular formula is C38H66O8. The lowest BCUT2D eigenvalue weighted by Gasteiger charge is -2.30. The summed E-state index contributed by atoms with van der Waals surface area (Å²) in [6.07, 6.45) is 23.5. The van der Waals surface area contributed by atoms with Crippen LogP contribution in [0, 0.1) is 5.41 Å². The lowest BCUT2D eigenvalue weighted by molar-refractivity contribution is -0.151. The molecule has 0 saturated heterocycles. The zero-order valence-corrected chi connectivity index (χ0v) is 29.4. The lowest BCUT2D eigenvalue weighted by Crippen LogP contribution is -2.31. The van der Waals surface area contributed by atoms with Crippen LogP contribution in [-0.4, -0.2) is 47.3 Å². The first-order chi connectivity index (χ1) is 22.0. The van der Waals surface area contributed by atoms with Crippen LogP contribution in [0.5, 0.6) is 0 Å². The van der Waals surface area contributed by atoms with E-state index >= 15 is 0 Å². The third kappa shape index (κ3) is 24.6. The molecular weight excluding hydrogens is 584 g/mol. The van der Waals surface area contributed by atoms with E-state index in [1.54, 1.807) is 13.8 Å². The van der Waals surface area contributed by atoms with Crippen molar-refractivity contribution in [2.45, 2.75) is 174 Å². The predicted octanol–water partition coefficient (Wildman–Crippen LogP) is 10.1. The molecule has 0 fully saturated rings. The highest BCUT2D eigenvalue weighted by Gasteiger charge is 2.36. The molecule has 0 aromatic heterocycles. The Morgan fingerprint density at radius 2 is 0.761 bits per heavy atom. The standard InChI is InChI=1S/C38H66O8/c1-32(2)35(41)45-30-24-18-11-7-5-9-15-21-27-38(37(43)44,29-23-17-13-14-20-26-34(39)40)28-22-16-10-6-8-12-19-25-31-46-36(42)33(3)4/h1,3,5-31H2,2,4H3,(H,39,40)(H,43,44). The summed E-state index contributed by atoms with van der Waals surface area (Å²) in [7, 11) is 0. The van der Waals surface area contributed by atoms with Crippen LogP contribution in [0.1, 0.15) is 174 Å². The number of ether oxygens (including phenoxy) is 2. The van der Waals surface area contributed by atoms with Crippen molar-refractivity contribution in [2.75, 3.05) is 13.2 Å². The number of carbonyl (C=O) groups is 4. The fraction of sp³-hybridized carbons (Fsp3) is 0.789. The number of hydrogen-bond acceptors (Lipinski definition) is 6. The highest BCUT2D eigenvalue weighted by molar-refractivity contribution is 5.87. The first kappa shape index (κ1) is 43.4. The van der Waals surface area contributed by atoms with Crippen molar-refractivity contribution < 1.29 is 38.9 Å². The number of carbonyl (C=O) groups excluding carboxylic acids is 2. The maximum Gasteiger partial charge on any atom is 0.333 e. The van der Waals surface area contributed by atoms with Gasteiger partial charge in [0, 0.05) is 17.6 Å². The van der Waals surface area contributed by atoms with E-state index in [1.165, 1.54) is 0 Å². The third-order valence-electron chi connectivity index (χ3n) is 8.76. The summed E-state index contributed by atoms with van der Waals surface area (Å²) in [5.74, 6) is -2.06. The van der Waals surface area contributed by atoms with Gasteiger partial charge in [-0.2, -0.15) is 0 Å². The molecule has 46 heavy (non-hydrogen) atoms. The number of carboxylic acids is 2. The van der Waals surface area contributed by atoms with Gasteiger partial charge < -0.3 is 19.7 Å². The first-order valence-corrected chi connectivity index (χ1v) is 18.1. The molecule has 0 spiro atoms. The van der Waals surface area contributed by atoms with E-state index < -0.39 is 17.4 Å². The highest BCUT2D eigenvalue weighted by atomic mass is 16.5. The number of esters is 2. The molecule has 0 atom stereocenters. The molecule has 0 amide bonds. The minimum absolute atomic E-state index is 0.203. The fourth-order valence-corrected chi connectivity index (χ4v) is 5.79. The minimum atomic E-state index is -0.756. The summed E-state index contributed by atoms with van der Waals surface area (Å²) in [4.78, 5) is 46.2. The van der Waals surface area contributed by atoms with Gasteiger partial charge in [-0.25, -0.2) is 9.59 Å². The van der Waals surface area contributed by atoms with Crippen LogP contribution in [0.3, 0.4) is 0 Å². The van der Waals surface area contributed by atoms with Gasteiger partial charge in [-0.1, -0.05) is 129 Å². The monoisotopic (exact) mass is 650 g/mol. The van der Waals surface area contributed by atoms with Gasteiger partial charge in [-0.3, -0.25) is 9.59 Å². The summed E-state index contributed by atoms with van der Waals surface area (Å²) in [6.45, 7) is 11.4. The second kappa shape index (κ2) is 28.6. The zero-order chi connectivity index (χ0) is 34.5. The summed E-state index contributed by atoms with van der Waals surface area (Å²) >= 11 is 0. The van der Waals surface area contributed by atoms with E-state index in [0.717, 1.165) is 141 Å². The second-order valence-corrected chi connectivity index (χ2v) is 13.2. The summed E-state index contributed by atoms with van der Waals surface area (Å²) < 4.78 is 10.3. The molecule has 0 aromatic rings. The number of hydrogen-bond donors (Lipinski definition) is 2.